The van der Waals surface area contributed by atoms with Crippen LogP contribution in [0.2, 0.25) is 0 Å². The molecule has 2 unspecified atom stereocenters. The number of fused-ring (bicyclic) bond motifs is 3. The predicted octanol–water partition coefficient (Wildman–Crippen LogP) is 6.99. The molecule has 1 saturated heterocycles. The van der Waals surface area contributed by atoms with Crippen LogP contribution >= 0.6 is 0 Å². The second-order valence-corrected chi connectivity index (χ2v) is 10.9. The summed E-state index contributed by atoms with van der Waals surface area (Å²) in [4.78, 5) is 2.47. The van der Waals surface area contributed by atoms with Gasteiger partial charge in [0.25, 0.3) is 0 Å². The van der Waals surface area contributed by atoms with Gasteiger partial charge in [-0.25, -0.2) is 0 Å². The van der Waals surface area contributed by atoms with E-state index in [9.17, 15) is 10.4 Å². The van der Waals surface area contributed by atoms with E-state index < -0.39 is 5.60 Å². The van der Waals surface area contributed by atoms with Crippen LogP contribution in [0.5, 0.6) is 5.75 Å². The van der Waals surface area contributed by atoms with Crippen molar-refractivity contribution >= 4 is 5.69 Å². The first-order valence-electron chi connectivity index (χ1n) is 13.1. The SMILES string of the molecule is CCCCCCC(C)(C)c1cc(OCc2ccccc2)c2c(c1)N1CCCC1CC2(O)CC#N. The number of rotatable bonds is 10. The molecule has 0 spiro atoms. The fraction of sp³-hybridized carbons (Fsp3) is 0.567. The Labute approximate surface area is 205 Å². The third-order valence-electron chi connectivity index (χ3n) is 7.85. The van der Waals surface area contributed by atoms with E-state index >= 15 is 0 Å². The molecule has 2 aromatic carbocycles. The largest absolute Gasteiger partial charge is 0.488 e. The van der Waals surface area contributed by atoms with Crippen LogP contribution in [0.4, 0.5) is 5.69 Å². The molecule has 4 nitrogen and oxygen atoms in total. The Morgan fingerprint density at radius 1 is 1.18 bits per heavy atom. The first-order chi connectivity index (χ1) is 16.4. The first-order valence-corrected chi connectivity index (χ1v) is 13.1. The van der Waals surface area contributed by atoms with E-state index in [1.165, 1.54) is 31.2 Å². The van der Waals surface area contributed by atoms with E-state index in [-0.39, 0.29) is 17.9 Å². The molecule has 2 aliphatic rings. The molecule has 34 heavy (non-hydrogen) atoms. The van der Waals surface area contributed by atoms with Crippen LogP contribution < -0.4 is 9.64 Å². The highest BCUT2D eigenvalue weighted by Crippen LogP contribution is 2.52. The summed E-state index contributed by atoms with van der Waals surface area (Å²) in [5.41, 5.74) is 3.08. The maximum atomic E-state index is 11.8. The van der Waals surface area contributed by atoms with Crippen molar-refractivity contribution < 1.29 is 9.84 Å². The smallest absolute Gasteiger partial charge is 0.128 e. The number of ether oxygens (including phenoxy) is 1. The van der Waals surface area contributed by atoms with E-state index in [4.69, 9.17) is 4.74 Å². The number of hydrogen-bond donors (Lipinski definition) is 1. The van der Waals surface area contributed by atoms with Gasteiger partial charge in [0.1, 0.15) is 18.0 Å². The minimum absolute atomic E-state index is 0.00758. The second kappa shape index (κ2) is 10.4. The standard InChI is InChI=1S/C30H40N2O2/c1-4-5-6-10-15-29(2,3)24-19-26-28(27(20-24)34-22-23-12-8-7-9-13-23)30(33,16-17-31)21-25-14-11-18-32(25)26/h7-9,12-13,19-20,25,33H,4-6,10-11,14-16,18,21-22H2,1-3H3. The Morgan fingerprint density at radius 2 is 1.97 bits per heavy atom. The fourth-order valence-electron chi connectivity index (χ4n) is 5.82. The minimum atomic E-state index is -1.18. The Balaban J connectivity index is 1.76. The Kier molecular flexibility index (Phi) is 7.53. The molecule has 0 aromatic heterocycles. The summed E-state index contributed by atoms with van der Waals surface area (Å²) in [5, 5.41) is 21.4. The van der Waals surface area contributed by atoms with Crippen molar-refractivity contribution in [3.63, 3.8) is 0 Å². The van der Waals surface area contributed by atoms with Crippen LogP contribution in [0.25, 0.3) is 0 Å². The molecule has 0 saturated carbocycles. The Morgan fingerprint density at radius 3 is 2.71 bits per heavy atom. The lowest BCUT2D eigenvalue weighted by atomic mass is 9.75. The molecule has 0 radical (unpaired) electrons. The minimum Gasteiger partial charge on any atom is -0.488 e. The number of nitrogens with zero attached hydrogens (tertiary/aromatic N) is 2. The summed E-state index contributed by atoms with van der Waals surface area (Å²) in [5.74, 6) is 0.737. The van der Waals surface area contributed by atoms with Crippen molar-refractivity contribution in [3.8, 4) is 11.8 Å². The van der Waals surface area contributed by atoms with Crippen LogP contribution in [0.15, 0.2) is 42.5 Å². The number of hydrogen-bond acceptors (Lipinski definition) is 4. The number of unbranched alkanes of at least 4 members (excludes halogenated alkanes) is 3. The molecule has 2 heterocycles. The summed E-state index contributed by atoms with van der Waals surface area (Å²) < 4.78 is 6.46. The molecular formula is C30H40N2O2. The zero-order chi connectivity index (χ0) is 24.2. The van der Waals surface area contributed by atoms with Gasteiger partial charge in [-0.1, -0.05) is 76.8 Å². The van der Waals surface area contributed by atoms with Crippen LogP contribution in [-0.2, 0) is 17.6 Å². The van der Waals surface area contributed by atoms with Gasteiger partial charge in [0, 0.05) is 24.7 Å². The lowest BCUT2D eigenvalue weighted by Gasteiger charge is -2.44. The van der Waals surface area contributed by atoms with Crippen molar-refractivity contribution in [1.82, 2.24) is 0 Å². The van der Waals surface area contributed by atoms with Gasteiger partial charge in [-0.3, -0.25) is 0 Å². The maximum Gasteiger partial charge on any atom is 0.128 e. The monoisotopic (exact) mass is 460 g/mol. The van der Waals surface area contributed by atoms with Crippen molar-refractivity contribution in [2.24, 2.45) is 0 Å². The molecule has 2 aromatic rings. The normalized spacial score (nSPS) is 21.6. The quantitative estimate of drug-likeness (QED) is 0.388. The van der Waals surface area contributed by atoms with Gasteiger partial charge in [-0.2, -0.15) is 5.26 Å². The number of aliphatic hydroxyl groups is 1. The number of nitriles is 1. The van der Waals surface area contributed by atoms with Crippen LogP contribution in [0.1, 0.15) is 95.2 Å². The molecular weight excluding hydrogens is 420 g/mol. The van der Waals surface area contributed by atoms with Gasteiger partial charge in [0.05, 0.1) is 18.1 Å². The third-order valence-corrected chi connectivity index (χ3v) is 7.85. The van der Waals surface area contributed by atoms with Gasteiger partial charge in [0.15, 0.2) is 0 Å². The first kappa shape index (κ1) is 24.6. The fourth-order valence-corrected chi connectivity index (χ4v) is 5.82. The van der Waals surface area contributed by atoms with E-state index in [1.807, 2.05) is 18.2 Å². The highest BCUT2D eigenvalue weighted by atomic mass is 16.5. The average molecular weight is 461 g/mol. The molecule has 0 aliphatic carbocycles. The van der Waals surface area contributed by atoms with Gasteiger partial charge in [0.2, 0.25) is 0 Å². The lowest BCUT2D eigenvalue weighted by molar-refractivity contribution is 0.0177. The molecule has 2 atom stereocenters. The van der Waals surface area contributed by atoms with Gasteiger partial charge in [-0.05, 0) is 47.9 Å². The Hall–Kier alpha value is -2.51. The summed E-state index contributed by atoms with van der Waals surface area (Å²) in [6.07, 6.45) is 8.99. The molecule has 0 amide bonds. The Bertz CT molecular complexity index is 1010. The maximum absolute atomic E-state index is 11.8. The van der Waals surface area contributed by atoms with Gasteiger partial charge < -0.3 is 14.7 Å². The number of anilines is 1. The highest BCUT2D eigenvalue weighted by molar-refractivity contribution is 5.67. The molecule has 4 rings (SSSR count). The topological polar surface area (TPSA) is 56.5 Å². The molecule has 2 aliphatic heterocycles. The van der Waals surface area contributed by atoms with Gasteiger partial charge >= 0.3 is 0 Å². The lowest BCUT2D eigenvalue weighted by Crippen LogP contribution is -2.44. The third kappa shape index (κ3) is 5.10. The van der Waals surface area contributed by atoms with Crippen molar-refractivity contribution in [2.45, 2.75) is 102 Å². The van der Waals surface area contributed by atoms with Crippen LogP contribution in [0.3, 0.4) is 0 Å². The van der Waals surface area contributed by atoms with Crippen molar-refractivity contribution in [2.75, 3.05) is 11.4 Å². The highest BCUT2D eigenvalue weighted by Gasteiger charge is 2.46. The van der Waals surface area contributed by atoms with Crippen molar-refractivity contribution in [3.05, 3.63) is 59.2 Å². The zero-order valence-corrected chi connectivity index (χ0v) is 21.1. The van der Waals surface area contributed by atoms with E-state index in [2.05, 4.69) is 56.0 Å². The predicted molar refractivity (Wildman–Crippen MR) is 138 cm³/mol. The zero-order valence-electron chi connectivity index (χ0n) is 21.1. The molecule has 1 fully saturated rings. The molecule has 4 heteroatoms. The van der Waals surface area contributed by atoms with Crippen molar-refractivity contribution in [1.29, 1.82) is 5.26 Å². The summed E-state index contributed by atoms with van der Waals surface area (Å²) >= 11 is 0. The molecule has 182 valence electrons. The average Bonchev–Trinajstić information content (AvgIpc) is 3.29. The van der Waals surface area contributed by atoms with E-state index in [0.717, 1.165) is 48.4 Å². The summed E-state index contributed by atoms with van der Waals surface area (Å²) in [7, 11) is 0. The summed E-state index contributed by atoms with van der Waals surface area (Å²) in [6.45, 7) is 8.35. The molecule has 1 N–H and O–H groups in total. The second-order valence-electron chi connectivity index (χ2n) is 10.9. The van der Waals surface area contributed by atoms with Gasteiger partial charge in [-0.15, -0.1) is 0 Å². The van der Waals surface area contributed by atoms with E-state index in [1.54, 1.807) is 0 Å². The summed E-state index contributed by atoms with van der Waals surface area (Å²) in [6, 6.07) is 17.2. The van der Waals surface area contributed by atoms with Crippen LogP contribution in [0, 0.1) is 11.3 Å². The van der Waals surface area contributed by atoms with E-state index in [0.29, 0.717) is 13.0 Å². The number of benzene rings is 2. The van der Waals surface area contributed by atoms with Crippen LogP contribution in [-0.4, -0.2) is 17.7 Å². The molecule has 0 bridgehead atoms.